The van der Waals surface area contributed by atoms with Crippen LogP contribution < -0.4 is 0 Å². The zero-order valence-corrected chi connectivity index (χ0v) is 11.0. The molecule has 0 bridgehead atoms. The minimum Gasteiger partial charge on any atom is -0.383 e. The maximum Gasteiger partial charge on any atom is 0.129 e. The van der Waals surface area contributed by atoms with Gasteiger partial charge in [-0.25, -0.2) is 4.39 Å². The summed E-state index contributed by atoms with van der Waals surface area (Å²) in [5.74, 6) is -0.373. The molecule has 4 heteroatoms. The fourth-order valence-corrected chi connectivity index (χ4v) is 2.94. The maximum atomic E-state index is 13.5. The highest BCUT2D eigenvalue weighted by Gasteiger charge is 2.16. The molecule has 84 valence electrons. The number of aryl methyl sites for hydroxylation is 1. The van der Waals surface area contributed by atoms with E-state index in [9.17, 15) is 9.50 Å². The van der Waals surface area contributed by atoms with Crippen molar-refractivity contribution in [2.24, 2.45) is 0 Å². The zero-order valence-electron chi connectivity index (χ0n) is 8.58. The largest absolute Gasteiger partial charge is 0.383 e. The summed E-state index contributed by atoms with van der Waals surface area (Å²) in [7, 11) is 0. The molecule has 0 fully saturated rings. The number of thiophene rings is 1. The van der Waals surface area contributed by atoms with Crippen molar-refractivity contribution in [3.05, 3.63) is 55.9 Å². The molecule has 2 aromatic rings. The topological polar surface area (TPSA) is 20.2 Å². The molecule has 0 aliphatic heterocycles. The van der Waals surface area contributed by atoms with Crippen LogP contribution >= 0.6 is 27.3 Å². The molecule has 0 saturated carbocycles. The van der Waals surface area contributed by atoms with Crippen molar-refractivity contribution in [2.45, 2.75) is 13.0 Å². The van der Waals surface area contributed by atoms with Crippen LogP contribution in [-0.4, -0.2) is 5.11 Å². The Morgan fingerprint density at radius 1 is 1.38 bits per heavy atom. The highest BCUT2D eigenvalue weighted by atomic mass is 79.9. The van der Waals surface area contributed by atoms with Crippen LogP contribution in [-0.2, 0) is 0 Å². The molecule has 0 radical (unpaired) electrons. The van der Waals surface area contributed by atoms with Gasteiger partial charge in [-0.1, -0.05) is 17.7 Å². The van der Waals surface area contributed by atoms with Crippen molar-refractivity contribution in [3.8, 4) is 0 Å². The Morgan fingerprint density at radius 3 is 2.75 bits per heavy atom. The van der Waals surface area contributed by atoms with E-state index in [1.165, 1.54) is 17.4 Å². The molecule has 1 heterocycles. The normalized spacial score (nSPS) is 12.8. The van der Waals surface area contributed by atoms with Gasteiger partial charge in [0.15, 0.2) is 0 Å². The van der Waals surface area contributed by atoms with Gasteiger partial charge in [-0.2, -0.15) is 0 Å². The predicted molar refractivity (Wildman–Crippen MR) is 67.2 cm³/mol. The van der Waals surface area contributed by atoms with Crippen LogP contribution in [0.3, 0.4) is 0 Å². The lowest BCUT2D eigenvalue weighted by Gasteiger charge is -2.10. The van der Waals surface area contributed by atoms with Crippen LogP contribution in [0.15, 0.2) is 34.1 Å². The van der Waals surface area contributed by atoms with Crippen LogP contribution in [0.25, 0.3) is 0 Å². The van der Waals surface area contributed by atoms with Crippen LogP contribution in [0.1, 0.15) is 22.1 Å². The summed E-state index contributed by atoms with van der Waals surface area (Å²) < 4.78 is 14.4. The van der Waals surface area contributed by atoms with Gasteiger partial charge in [0.1, 0.15) is 11.9 Å². The third-order valence-corrected chi connectivity index (χ3v) is 4.05. The molecule has 1 unspecified atom stereocenters. The molecule has 1 atom stereocenters. The average Bonchev–Trinajstić information content (AvgIpc) is 2.67. The van der Waals surface area contributed by atoms with Gasteiger partial charge in [0.05, 0.1) is 0 Å². The van der Waals surface area contributed by atoms with E-state index < -0.39 is 6.10 Å². The molecule has 0 saturated heterocycles. The number of aliphatic hydroxyl groups is 1. The molecule has 0 aliphatic rings. The summed E-state index contributed by atoms with van der Waals surface area (Å²) in [6, 6.07) is 6.55. The van der Waals surface area contributed by atoms with Crippen molar-refractivity contribution in [3.63, 3.8) is 0 Å². The van der Waals surface area contributed by atoms with Crippen LogP contribution in [0.5, 0.6) is 0 Å². The number of halogens is 2. The van der Waals surface area contributed by atoms with E-state index in [1.807, 2.05) is 12.3 Å². The summed E-state index contributed by atoms with van der Waals surface area (Å²) in [5, 5.41) is 11.9. The van der Waals surface area contributed by atoms with E-state index in [1.54, 1.807) is 18.2 Å². The van der Waals surface area contributed by atoms with Gasteiger partial charge in [-0.15, -0.1) is 11.3 Å². The Kier molecular flexibility index (Phi) is 3.42. The first-order valence-corrected chi connectivity index (χ1v) is 6.43. The van der Waals surface area contributed by atoms with Crippen LogP contribution in [0, 0.1) is 12.7 Å². The SMILES string of the molecule is Cc1ccc(F)c(C(O)c2cc(Br)cs2)c1. The van der Waals surface area contributed by atoms with Gasteiger partial charge < -0.3 is 5.11 Å². The highest BCUT2D eigenvalue weighted by molar-refractivity contribution is 9.10. The van der Waals surface area contributed by atoms with E-state index >= 15 is 0 Å². The fourth-order valence-electron chi connectivity index (χ4n) is 1.50. The van der Waals surface area contributed by atoms with Crippen molar-refractivity contribution in [1.82, 2.24) is 0 Å². The molecule has 1 N–H and O–H groups in total. The fraction of sp³-hybridized carbons (Fsp3) is 0.167. The Balaban J connectivity index is 2.40. The van der Waals surface area contributed by atoms with Gasteiger partial charge in [0, 0.05) is 20.3 Å². The number of benzene rings is 1. The first-order chi connectivity index (χ1) is 7.58. The molecule has 1 aromatic heterocycles. The molecule has 0 amide bonds. The van der Waals surface area contributed by atoms with E-state index in [-0.39, 0.29) is 5.82 Å². The number of aliphatic hydroxyl groups excluding tert-OH is 1. The third kappa shape index (κ3) is 2.34. The lowest BCUT2D eigenvalue weighted by atomic mass is 10.0. The van der Waals surface area contributed by atoms with Crippen LogP contribution in [0.4, 0.5) is 4.39 Å². The van der Waals surface area contributed by atoms with Crippen molar-refractivity contribution in [1.29, 1.82) is 0 Å². The second-order valence-electron chi connectivity index (χ2n) is 3.59. The summed E-state index contributed by atoms with van der Waals surface area (Å²) >= 11 is 4.72. The standard InChI is InChI=1S/C12H10BrFOS/c1-7-2-3-10(14)9(4-7)12(15)11-5-8(13)6-16-11/h2-6,12,15H,1H3. The number of rotatable bonds is 2. The molecule has 0 aliphatic carbocycles. The Hall–Kier alpha value is -0.710. The van der Waals surface area contributed by atoms with Crippen molar-refractivity contribution >= 4 is 27.3 Å². The Morgan fingerprint density at radius 2 is 2.12 bits per heavy atom. The lowest BCUT2D eigenvalue weighted by Crippen LogP contribution is -2.00. The molecule has 1 aromatic carbocycles. The lowest BCUT2D eigenvalue weighted by molar-refractivity contribution is 0.218. The molecule has 2 rings (SSSR count). The first kappa shape index (κ1) is 11.8. The zero-order chi connectivity index (χ0) is 11.7. The summed E-state index contributed by atoms with van der Waals surface area (Å²) in [6.07, 6.45) is -0.892. The minimum absolute atomic E-state index is 0.328. The highest BCUT2D eigenvalue weighted by Crippen LogP contribution is 2.31. The smallest absolute Gasteiger partial charge is 0.129 e. The first-order valence-electron chi connectivity index (χ1n) is 4.76. The summed E-state index contributed by atoms with van der Waals surface area (Å²) in [4.78, 5) is 0.733. The van der Waals surface area contributed by atoms with Crippen LogP contribution in [0.2, 0.25) is 0 Å². The average molecular weight is 301 g/mol. The summed E-state index contributed by atoms with van der Waals surface area (Å²) in [5.41, 5.74) is 1.26. The van der Waals surface area contributed by atoms with E-state index in [0.29, 0.717) is 5.56 Å². The molecular formula is C12H10BrFOS. The Labute approximate surface area is 106 Å². The van der Waals surface area contributed by atoms with E-state index in [0.717, 1.165) is 14.9 Å². The minimum atomic E-state index is -0.892. The Bertz CT molecular complexity index is 509. The van der Waals surface area contributed by atoms with Gasteiger partial charge in [-0.05, 0) is 35.0 Å². The second kappa shape index (κ2) is 4.65. The van der Waals surface area contributed by atoms with Gasteiger partial charge >= 0.3 is 0 Å². The number of hydrogen-bond donors (Lipinski definition) is 1. The van der Waals surface area contributed by atoms with Gasteiger partial charge in [0.2, 0.25) is 0 Å². The molecule has 16 heavy (non-hydrogen) atoms. The van der Waals surface area contributed by atoms with Gasteiger partial charge in [0.25, 0.3) is 0 Å². The summed E-state index contributed by atoms with van der Waals surface area (Å²) in [6.45, 7) is 1.87. The van der Waals surface area contributed by atoms with Crippen molar-refractivity contribution in [2.75, 3.05) is 0 Å². The third-order valence-electron chi connectivity index (χ3n) is 2.30. The molecule has 0 spiro atoms. The van der Waals surface area contributed by atoms with E-state index in [2.05, 4.69) is 15.9 Å². The quantitative estimate of drug-likeness (QED) is 0.887. The second-order valence-corrected chi connectivity index (χ2v) is 5.45. The number of hydrogen-bond acceptors (Lipinski definition) is 2. The van der Waals surface area contributed by atoms with E-state index in [4.69, 9.17) is 0 Å². The monoisotopic (exact) mass is 300 g/mol. The predicted octanol–water partition coefficient (Wildman–Crippen LogP) is 4.04. The molecule has 1 nitrogen and oxygen atoms in total. The molecular weight excluding hydrogens is 291 g/mol. The maximum absolute atomic E-state index is 13.5. The van der Waals surface area contributed by atoms with Gasteiger partial charge in [-0.3, -0.25) is 0 Å². The van der Waals surface area contributed by atoms with Crippen molar-refractivity contribution < 1.29 is 9.50 Å².